The molecule has 2 rings (SSSR count). The summed E-state index contributed by atoms with van der Waals surface area (Å²) >= 11 is 0. The van der Waals surface area contributed by atoms with E-state index in [2.05, 4.69) is 5.32 Å². The fourth-order valence-electron chi connectivity index (χ4n) is 2.57. The number of methoxy groups -OCH3 is 2. The first-order valence-corrected chi connectivity index (χ1v) is 7.92. The molecule has 1 aliphatic heterocycles. The maximum atomic E-state index is 12.2. The number of nitrogens with one attached hydrogen (secondary N) is 1. The summed E-state index contributed by atoms with van der Waals surface area (Å²) in [6, 6.07) is 4.30. The summed E-state index contributed by atoms with van der Waals surface area (Å²) < 4.78 is 15.6. The second kappa shape index (κ2) is 8.82. The SMILES string of the molecule is COc1cc(/C=C(/C#N)C(=O)NCC2CCCO2)c([N+](=O)[O-])cc1OC. The number of benzene rings is 1. The molecule has 0 spiro atoms. The molecule has 1 aromatic carbocycles. The van der Waals surface area contributed by atoms with Crippen molar-refractivity contribution in [2.24, 2.45) is 0 Å². The van der Waals surface area contributed by atoms with E-state index in [9.17, 15) is 20.2 Å². The monoisotopic (exact) mass is 361 g/mol. The molecule has 26 heavy (non-hydrogen) atoms. The van der Waals surface area contributed by atoms with Gasteiger partial charge in [0.2, 0.25) is 0 Å². The van der Waals surface area contributed by atoms with Crippen LogP contribution in [0, 0.1) is 21.4 Å². The summed E-state index contributed by atoms with van der Waals surface area (Å²) in [5, 5.41) is 23.2. The second-order valence-corrected chi connectivity index (χ2v) is 5.54. The Bertz CT molecular complexity index is 762. The van der Waals surface area contributed by atoms with Crippen LogP contribution in [0.2, 0.25) is 0 Å². The van der Waals surface area contributed by atoms with Crippen LogP contribution < -0.4 is 14.8 Å². The molecule has 0 aromatic heterocycles. The average molecular weight is 361 g/mol. The number of carbonyl (C=O) groups excluding carboxylic acids is 1. The molecule has 1 fully saturated rings. The van der Waals surface area contributed by atoms with Crippen LogP contribution in [0.1, 0.15) is 18.4 Å². The summed E-state index contributed by atoms with van der Waals surface area (Å²) in [6.45, 7) is 0.936. The number of hydrogen-bond donors (Lipinski definition) is 1. The number of nitro groups is 1. The van der Waals surface area contributed by atoms with Gasteiger partial charge in [0.05, 0.1) is 36.9 Å². The topological polar surface area (TPSA) is 124 Å². The zero-order chi connectivity index (χ0) is 19.1. The smallest absolute Gasteiger partial charge is 0.280 e. The molecule has 1 aliphatic rings. The fraction of sp³-hybridized carbons (Fsp3) is 0.412. The zero-order valence-electron chi connectivity index (χ0n) is 14.5. The first-order valence-electron chi connectivity index (χ1n) is 7.92. The Hall–Kier alpha value is -3.12. The molecular formula is C17H19N3O6. The Morgan fingerprint density at radius 3 is 2.69 bits per heavy atom. The van der Waals surface area contributed by atoms with Crippen LogP contribution >= 0.6 is 0 Å². The van der Waals surface area contributed by atoms with E-state index in [4.69, 9.17) is 14.2 Å². The van der Waals surface area contributed by atoms with Crippen molar-refractivity contribution in [3.05, 3.63) is 33.4 Å². The van der Waals surface area contributed by atoms with Crippen LogP contribution in [0.25, 0.3) is 6.08 Å². The summed E-state index contributed by atoms with van der Waals surface area (Å²) in [7, 11) is 2.74. The van der Waals surface area contributed by atoms with E-state index < -0.39 is 10.8 Å². The molecular weight excluding hydrogens is 342 g/mol. The number of ether oxygens (including phenoxy) is 3. The second-order valence-electron chi connectivity index (χ2n) is 5.54. The lowest BCUT2D eigenvalue weighted by Crippen LogP contribution is -2.32. The van der Waals surface area contributed by atoms with Crippen molar-refractivity contribution in [2.45, 2.75) is 18.9 Å². The predicted octanol–water partition coefficient (Wildman–Crippen LogP) is 1.81. The maximum absolute atomic E-state index is 12.2. The van der Waals surface area contributed by atoms with Crippen molar-refractivity contribution in [1.29, 1.82) is 5.26 Å². The molecule has 9 heteroatoms. The van der Waals surface area contributed by atoms with E-state index in [0.717, 1.165) is 18.9 Å². The normalized spacial score (nSPS) is 16.7. The highest BCUT2D eigenvalue weighted by Crippen LogP contribution is 2.35. The van der Waals surface area contributed by atoms with Gasteiger partial charge in [0, 0.05) is 13.2 Å². The van der Waals surface area contributed by atoms with Gasteiger partial charge in [-0.15, -0.1) is 0 Å². The molecule has 0 radical (unpaired) electrons. The van der Waals surface area contributed by atoms with Gasteiger partial charge in [0.15, 0.2) is 11.5 Å². The molecule has 1 N–H and O–H groups in total. The zero-order valence-corrected chi connectivity index (χ0v) is 14.5. The van der Waals surface area contributed by atoms with E-state index in [1.165, 1.54) is 26.4 Å². The van der Waals surface area contributed by atoms with Crippen LogP contribution in [0.5, 0.6) is 11.5 Å². The fourth-order valence-corrected chi connectivity index (χ4v) is 2.57. The van der Waals surface area contributed by atoms with Crippen molar-refractivity contribution in [3.63, 3.8) is 0 Å². The van der Waals surface area contributed by atoms with E-state index in [1.54, 1.807) is 6.07 Å². The number of amides is 1. The number of hydrogen-bond acceptors (Lipinski definition) is 7. The third-order valence-corrected chi connectivity index (χ3v) is 3.91. The van der Waals surface area contributed by atoms with Gasteiger partial charge in [-0.2, -0.15) is 5.26 Å². The molecule has 0 aliphatic carbocycles. The molecule has 1 unspecified atom stereocenters. The van der Waals surface area contributed by atoms with Gasteiger partial charge in [-0.25, -0.2) is 0 Å². The molecule has 1 heterocycles. The molecule has 0 bridgehead atoms. The van der Waals surface area contributed by atoms with Crippen molar-refractivity contribution >= 4 is 17.7 Å². The van der Waals surface area contributed by atoms with Gasteiger partial charge < -0.3 is 19.5 Å². The van der Waals surface area contributed by atoms with Gasteiger partial charge in [0.1, 0.15) is 11.6 Å². The van der Waals surface area contributed by atoms with E-state index in [-0.39, 0.29) is 41.0 Å². The molecule has 1 amide bonds. The highest BCUT2D eigenvalue weighted by molar-refractivity contribution is 6.02. The van der Waals surface area contributed by atoms with Crippen LogP contribution in [0.4, 0.5) is 5.69 Å². The highest BCUT2D eigenvalue weighted by Gasteiger charge is 2.21. The molecule has 9 nitrogen and oxygen atoms in total. The number of nitriles is 1. The minimum atomic E-state index is -0.618. The van der Waals surface area contributed by atoms with Crippen LogP contribution in [-0.4, -0.2) is 44.3 Å². The van der Waals surface area contributed by atoms with E-state index >= 15 is 0 Å². The molecule has 1 saturated heterocycles. The van der Waals surface area contributed by atoms with Crippen LogP contribution in [0.3, 0.4) is 0 Å². The Kier molecular flexibility index (Phi) is 6.52. The maximum Gasteiger partial charge on any atom is 0.280 e. The Morgan fingerprint density at radius 1 is 1.46 bits per heavy atom. The minimum absolute atomic E-state index is 0.0662. The lowest BCUT2D eigenvalue weighted by molar-refractivity contribution is -0.385. The van der Waals surface area contributed by atoms with Gasteiger partial charge in [-0.3, -0.25) is 14.9 Å². The lowest BCUT2D eigenvalue weighted by Gasteiger charge is -2.11. The van der Waals surface area contributed by atoms with Crippen molar-refractivity contribution in [3.8, 4) is 17.6 Å². The summed E-state index contributed by atoms with van der Waals surface area (Å²) in [6.07, 6.45) is 2.85. The first-order chi connectivity index (χ1) is 12.5. The Morgan fingerprint density at radius 2 is 2.15 bits per heavy atom. The van der Waals surface area contributed by atoms with Crippen LogP contribution in [0.15, 0.2) is 17.7 Å². The van der Waals surface area contributed by atoms with Crippen molar-refractivity contribution in [2.75, 3.05) is 27.4 Å². The van der Waals surface area contributed by atoms with E-state index in [0.29, 0.717) is 6.61 Å². The highest BCUT2D eigenvalue weighted by atomic mass is 16.6. The number of nitro benzene ring substituents is 1. The number of rotatable bonds is 7. The third kappa shape index (κ3) is 4.49. The number of nitrogens with zero attached hydrogens (tertiary/aromatic N) is 2. The largest absolute Gasteiger partial charge is 0.493 e. The Balaban J connectivity index is 2.29. The summed E-state index contributed by atoms with van der Waals surface area (Å²) in [4.78, 5) is 22.9. The Labute approximate surface area is 150 Å². The van der Waals surface area contributed by atoms with Crippen molar-refractivity contribution in [1.82, 2.24) is 5.32 Å². The minimum Gasteiger partial charge on any atom is -0.493 e. The first kappa shape index (κ1) is 19.2. The third-order valence-electron chi connectivity index (χ3n) is 3.91. The molecule has 1 atom stereocenters. The quantitative estimate of drug-likeness (QED) is 0.340. The van der Waals surface area contributed by atoms with Gasteiger partial charge in [-0.1, -0.05) is 0 Å². The number of carbonyl (C=O) groups is 1. The summed E-state index contributed by atoms with van der Waals surface area (Å²) in [5.74, 6) is -0.189. The predicted molar refractivity (Wildman–Crippen MR) is 91.8 cm³/mol. The van der Waals surface area contributed by atoms with Crippen LogP contribution in [-0.2, 0) is 9.53 Å². The average Bonchev–Trinajstić information content (AvgIpc) is 3.16. The van der Waals surface area contributed by atoms with E-state index in [1.807, 2.05) is 0 Å². The van der Waals surface area contributed by atoms with Crippen molar-refractivity contribution < 1.29 is 23.9 Å². The lowest BCUT2D eigenvalue weighted by atomic mass is 10.1. The van der Waals surface area contributed by atoms with Gasteiger partial charge in [0.25, 0.3) is 11.6 Å². The molecule has 1 aromatic rings. The molecule has 0 saturated carbocycles. The van der Waals surface area contributed by atoms with Gasteiger partial charge >= 0.3 is 0 Å². The molecule has 138 valence electrons. The standard InChI is InChI=1S/C17H19N3O6/c1-24-15-7-11(14(20(22)23)8-16(15)25-2)6-12(9-18)17(21)19-10-13-4-3-5-26-13/h6-8,13H,3-5,10H2,1-2H3,(H,19,21)/b12-6-. The summed E-state index contributed by atoms with van der Waals surface area (Å²) in [5.41, 5.74) is -0.489. The van der Waals surface area contributed by atoms with Gasteiger partial charge in [-0.05, 0) is 25.0 Å².